The van der Waals surface area contributed by atoms with Crippen LogP contribution in [0.15, 0.2) is 26.6 Å². The van der Waals surface area contributed by atoms with Gasteiger partial charge in [0, 0.05) is 17.5 Å². The SMILES string of the molecule is CCOC(=O)c1cc(-c2csc(N)n2)on1.CCOC(=O)c1cc(C(=O)CBr)on1. The first-order valence-corrected chi connectivity index (χ1v) is 10.5. The van der Waals surface area contributed by atoms with Crippen LogP contribution in [0, 0.1) is 0 Å². The minimum Gasteiger partial charge on any atom is -0.461 e. The van der Waals surface area contributed by atoms with E-state index in [1.54, 1.807) is 19.2 Å². The molecule has 0 atom stereocenters. The Kier molecular flexibility index (Phi) is 8.68. The number of nitrogens with two attached hydrogens (primary N) is 1. The monoisotopic (exact) mass is 500 g/mol. The lowest BCUT2D eigenvalue weighted by atomic mass is 10.3. The number of alkyl halides is 1. The molecule has 3 rings (SSSR count). The number of rotatable bonds is 7. The fourth-order valence-corrected chi connectivity index (χ4v) is 2.70. The maximum atomic E-state index is 11.3. The van der Waals surface area contributed by atoms with Crippen molar-refractivity contribution >= 4 is 50.1 Å². The smallest absolute Gasteiger partial charge is 0.360 e. The zero-order valence-electron chi connectivity index (χ0n) is 15.9. The Labute approximate surface area is 182 Å². The summed E-state index contributed by atoms with van der Waals surface area (Å²) in [7, 11) is 0. The Hall–Kier alpha value is -3.06. The summed E-state index contributed by atoms with van der Waals surface area (Å²) in [4.78, 5) is 37.5. The summed E-state index contributed by atoms with van der Waals surface area (Å²) >= 11 is 4.26. The Morgan fingerprint density at radius 3 is 2.20 bits per heavy atom. The summed E-state index contributed by atoms with van der Waals surface area (Å²) in [6.07, 6.45) is 0. The first kappa shape index (κ1) is 23.2. The van der Waals surface area contributed by atoms with Crippen LogP contribution in [0.4, 0.5) is 5.13 Å². The third-order valence-corrected chi connectivity index (χ3v) is 4.34. The maximum absolute atomic E-state index is 11.3. The fraction of sp³-hybridized carbons (Fsp3) is 0.294. The van der Waals surface area contributed by atoms with Gasteiger partial charge < -0.3 is 24.3 Å². The Morgan fingerprint density at radius 2 is 1.67 bits per heavy atom. The van der Waals surface area contributed by atoms with E-state index in [0.717, 1.165) is 0 Å². The van der Waals surface area contributed by atoms with E-state index in [4.69, 9.17) is 15.0 Å². The first-order chi connectivity index (χ1) is 14.4. The lowest BCUT2D eigenvalue weighted by molar-refractivity contribution is 0.0505. The third-order valence-electron chi connectivity index (χ3n) is 3.16. The maximum Gasteiger partial charge on any atom is 0.360 e. The lowest BCUT2D eigenvalue weighted by Gasteiger charge is -1.94. The van der Waals surface area contributed by atoms with Crippen molar-refractivity contribution in [1.29, 1.82) is 0 Å². The molecule has 0 amide bonds. The molecule has 13 heteroatoms. The number of esters is 2. The molecule has 0 saturated heterocycles. The predicted octanol–water partition coefficient (Wildman–Crippen LogP) is 2.99. The minimum atomic E-state index is -0.593. The van der Waals surface area contributed by atoms with E-state index in [1.165, 1.54) is 23.5 Å². The van der Waals surface area contributed by atoms with Gasteiger partial charge in [0.25, 0.3) is 0 Å². The number of aromatic nitrogens is 3. The molecular weight excluding hydrogens is 484 g/mol. The van der Waals surface area contributed by atoms with E-state index in [2.05, 4.69) is 40.5 Å². The fourth-order valence-electron chi connectivity index (χ4n) is 1.87. The van der Waals surface area contributed by atoms with Gasteiger partial charge in [0.15, 0.2) is 22.3 Å². The molecule has 0 radical (unpaired) electrons. The highest BCUT2D eigenvalue weighted by molar-refractivity contribution is 9.09. The van der Waals surface area contributed by atoms with E-state index in [1.807, 2.05) is 0 Å². The quantitative estimate of drug-likeness (QED) is 0.288. The molecule has 0 saturated carbocycles. The Balaban J connectivity index is 0.000000216. The number of nitrogens with zero attached hydrogens (tertiary/aromatic N) is 3. The molecule has 0 aliphatic rings. The van der Waals surface area contributed by atoms with Crippen molar-refractivity contribution in [2.24, 2.45) is 0 Å². The van der Waals surface area contributed by atoms with Gasteiger partial charge in [-0.1, -0.05) is 26.2 Å². The normalized spacial score (nSPS) is 10.1. The Bertz CT molecular complexity index is 1010. The number of Topliss-reactive ketones (excluding diaryl/α,β-unsaturated/α-hetero) is 1. The highest BCUT2D eigenvalue weighted by atomic mass is 79.9. The van der Waals surface area contributed by atoms with Gasteiger partial charge in [0.05, 0.1) is 18.5 Å². The molecule has 0 fully saturated rings. The van der Waals surface area contributed by atoms with Crippen LogP contribution in [0.25, 0.3) is 11.5 Å². The summed E-state index contributed by atoms with van der Waals surface area (Å²) in [5, 5.41) is 9.30. The van der Waals surface area contributed by atoms with Crippen LogP contribution in [-0.4, -0.2) is 51.6 Å². The summed E-state index contributed by atoms with van der Waals surface area (Å²) in [6.45, 7) is 3.96. The summed E-state index contributed by atoms with van der Waals surface area (Å²) in [5.74, 6) is -0.931. The number of hydrogen-bond acceptors (Lipinski definition) is 12. The molecular formula is C17H17BrN4O7S. The molecule has 0 spiro atoms. The van der Waals surface area contributed by atoms with Crippen LogP contribution < -0.4 is 5.73 Å². The average molecular weight is 501 g/mol. The number of anilines is 1. The highest BCUT2D eigenvalue weighted by Crippen LogP contribution is 2.23. The van der Waals surface area contributed by atoms with Crippen molar-refractivity contribution in [3.63, 3.8) is 0 Å². The van der Waals surface area contributed by atoms with E-state index >= 15 is 0 Å². The van der Waals surface area contributed by atoms with E-state index in [-0.39, 0.29) is 34.9 Å². The topological polar surface area (TPSA) is 161 Å². The standard InChI is InChI=1S/C9H9N3O3S.C8H8BrNO4/c1-2-14-8(13)5-3-7(15-12-5)6-4-16-9(10)11-6;1-2-13-8(12)5-3-7(14-10-5)6(11)4-9/h3-4H,2H2,1H3,(H2,10,11);3H,2,4H2,1H3. The molecule has 2 N–H and O–H groups in total. The zero-order chi connectivity index (χ0) is 22.1. The van der Waals surface area contributed by atoms with Gasteiger partial charge in [-0.2, -0.15) is 0 Å². The molecule has 0 aliphatic heterocycles. The molecule has 0 aromatic carbocycles. The number of nitrogen functional groups attached to an aromatic ring is 1. The second kappa shape index (κ2) is 11.2. The summed E-state index contributed by atoms with van der Waals surface area (Å²) in [5.41, 5.74) is 6.18. The molecule has 0 unspecified atom stereocenters. The largest absolute Gasteiger partial charge is 0.461 e. The predicted molar refractivity (Wildman–Crippen MR) is 109 cm³/mol. The second-order valence-electron chi connectivity index (χ2n) is 5.22. The van der Waals surface area contributed by atoms with Crippen LogP contribution in [0.1, 0.15) is 45.4 Å². The molecule has 160 valence electrons. The number of hydrogen-bond donors (Lipinski definition) is 1. The third kappa shape index (κ3) is 6.22. The van der Waals surface area contributed by atoms with Crippen molar-refractivity contribution in [2.75, 3.05) is 24.3 Å². The number of thiazole rings is 1. The highest BCUT2D eigenvalue weighted by Gasteiger charge is 2.17. The van der Waals surface area contributed by atoms with Crippen molar-refractivity contribution in [3.8, 4) is 11.5 Å². The minimum absolute atomic E-state index is 0.0103. The molecule has 0 bridgehead atoms. The van der Waals surface area contributed by atoms with Crippen LogP contribution in [0.5, 0.6) is 0 Å². The number of ether oxygens (including phenoxy) is 2. The van der Waals surface area contributed by atoms with Crippen LogP contribution >= 0.6 is 27.3 Å². The number of ketones is 1. The average Bonchev–Trinajstić information content (AvgIpc) is 3.48. The molecule has 3 aromatic heterocycles. The van der Waals surface area contributed by atoms with Crippen molar-refractivity contribution < 1.29 is 32.9 Å². The summed E-state index contributed by atoms with van der Waals surface area (Å²) < 4.78 is 19.1. The van der Waals surface area contributed by atoms with Crippen LogP contribution in [0.3, 0.4) is 0 Å². The van der Waals surface area contributed by atoms with Gasteiger partial charge in [-0.15, -0.1) is 11.3 Å². The first-order valence-electron chi connectivity index (χ1n) is 8.47. The molecule has 11 nitrogen and oxygen atoms in total. The van der Waals surface area contributed by atoms with E-state index in [0.29, 0.717) is 23.2 Å². The van der Waals surface area contributed by atoms with Gasteiger partial charge >= 0.3 is 11.9 Å². The van der Waals surface area contributed by atoms with Gasteiger partial charge in [0.1, 0.15) is 5.69 Å². The van der Waals surface area contributed by atoms with E-state index in [9.17, 15) is 14.4 Å². The van der Waals surface area contributed by atoms with Gasteiger partial charge in [0.2, 0.25) is 11.5 Å². The summed E-state index contributed by atoms with van der Waals surface area (Å²) in [6, 6.07) is 2.74. The molecule has 30 heavy (non-hydrogen) atoms. The van der Waals surface area contributed by atoms with Gasteiger partial charge in [-0.3, -0.25) is 4.79 Å². The number of halogens is 1. The molecule has 3 aromatic rings. The zero-order valence-corrected chi connectivity index (χ0v) is 18.3. The van der Waals surface area contributed by atoms with Crippen LogP contribution in [-0.2, 0) is 9.47 Å². The van der Waals surface area contributed by atoms with E-state index < -0.39 is 11.9 Å². The van der Waals surface area contributed by atoms with Crippen molar-refractivity contribution in [2.45, 2.75) is 13.8 Å². The van der Waals surface area contributed by atoms with Crippen LogP contribution in [0.2, 0.25) is 0 Å². The second-order valence-corrected chi connectivity index (χ2v) is 6.67. The molecule has 0 aliphatic carbocycles. The Morgan fingerprint density at radius 1 is 1.07 bits per heavy atom. The molecule has 3 heterocycles. The lowest BCUT2D eigenvalue weighted by Crippen LogP contribution is -2.04. The van der Waals surface area contributed by atoms with Crippen molar-refractivity contribution in [1.82, 2.24) is 15.3 Å². The van der Waals surface area contributed by atoms with Crippen molar-refractivity contribution in [3.05, 3.63) is 34.7 Å². The van der Waals surface area contributed by atoms with Gasteiger partial charge in [-0.05, 0) is 13.8 Å². The number of carbonyl (C=O) groups excluding carboxylic acids is 3. The number of carbonyl (C=O) groups is 3. The van der Waals surface area contributed by atoms with Gasteiger partial charge in [-0.25, -0.2) is 14.6 Å².